The van der Waals surface area contributed by atoms with E-state index in [0.717, 1.165) is 70.1 Å². The monoisotopic (exact) mass is 504 g/mol. The molecule has 0 saturated carbocycles. The highest BCUT2D eigenvalue weighted by molar-refractivity contribution is 7.91. The van der Waals surface area contributed by atoms with Crippen molar-refractivity contribution in [3.05, 3.63) is 59.5 Å². The average molecular weight is 505 g/mol. The highest BCUT2D eigenvalue weighted by Crippen LogP contribution is 2.42. The van der Waals surface area contributed by atoms with Crippen LogP contribution in [0.15, 0.2) is 42.7 Å². The fourth-order valence-corrected chi connectivity index (χ4v) is 7.79. The Balaban J connectivity index is 1.21. The number of nitrogens with one attached hydrogen (secondary N) is 1. The molecule has 0 bridgehead atoms. The number of aryl methyl sites for hydroxylation is 2. The van der Waals surface area contributed by atoms with Gasteiger partial charge in [0.15, 0.2) is 9.84 Å². The van der Waals surface area contributed by atoms with E-state index in [1.807, 2.05) is 57.3 Å². The molecule has 1 N–H and O–H groups in total. The lowest BCUT2D eigenvalue weighted by Crippen LogP contribution is -2.57. The molecule has 3 aromatic heterocycles. The van der Waals surface area contributed by atoms with Gasteiger partial charge in [0.25, 0.3) is 0 Å². The van der Waals surface area contributed by atoms with Gasteiger partial charge in [-0.05, 0) is 63.1 Å². The summed E-state index contributed by atoms with van der Waals surface area (Å²) in [6.45, 7) is 7.46. The number of fused-ring (bicyclic) bond motifs is 1. The quantitative estimate of drug-likeness (QED) is 0.437. The molecule has 0 aliphatic carbocycles. The molecule has 2 fully saturated rings. The van der Waals surface area contributed by atoms with Gasteiger partial charge in [0.2, 0.25) is 0 Å². The lowest BCUT2D eigenvalue weighted by atomic mass is 9.79. The van der Waals surface area contributed by atoms with Gasteiger partial charge in [-0.15, -0.1) is 0 Å². The summed E-state index contributed by atoms with van der Waals surface area (Å²) in [6, 6.07) is 9.90. The molecule has 1 aromatic carbocycles. The Hall–Kier alpha value is -3.53. The molecule has 6 rings (SSSR count). The van der Waals surface area contributed by atoms with Crippen LogP contribution in [0.5, 0.6) is 5.75 Å². The predicted molar refractivity (Wildman–Crippen MR) is 138 cm³/mol. The third-order valence-electron chi connectivity index (χ3n) is 7.39. The van der Waals surface area contributed by atoms with E-state index >= 15 is 0 Å². The zero-order valence-electron chi connectivity index (χ0n) is 20.5. The molecule has 4 aromatic rings. The van der Waals surface area contributed by atoms with Crippen molar-refractivity contribution in [1.82, 2.24) is 25.4 Å². The Labute approximate surface area is 209 Å². The smallest absolute Gasteiger partial charge is 0.151 e. The van der Waals surface area contributed by atoms with Gasteiger partial charge in [0, 0.05) is 41.2 Å². The first-order chi connectivity index (χ1) is 17.2. The molecule has 5 heterocycles. The Morgan fingerprint density at radius 2 is 1.97 bits per heavy atom. The Bertz CT molecular complexity index is 1540. The summed E-state index contributed by atoms with van der Waals surface area (Å²) in [5, 5.41) is 16.8. The Morgan fingerprint density at radius 3 is 2.67 bits per heavy atom. The largest absolute Gasteiger partial charge is 0.486 e. The highest BCUT2D eigenvalue weighted by Gasteiger charge is 2.50. The van der Waals surface area contributed by atoms with Crippen molar-refractivity contribution in [2.45, 2.75) is 33.3 Å². The highest BCUT2D eigenvalue weighted by atomic mass is 32.2. The number of H-pyrrole nitrogens is 1. The maximum absolute atomic E-state index is 11.9. The number of sulfone groups is 1. The molecular weight excluding hydrogens is 476 g/mol. The zero-order valence-corrected chi connectivity index (χ0v) is 21.3. The molecule has 0 amide bonds. The van der Waals surface area contributed by atoms with Gasteiger partial charge in [-0.1, -0.05) is 0 Å². The second-order valence-corrected chi connectivity index (χ2v) is 12.4. The van der Waals surface area contributed by atoms with Gasteiger partial charge in [-0.25, -0.2) is 13.4 Å². The third-order valence-corrected chi connectivity index (χ3v) is 9.27. The normalized spacial score (nSPS) is 18.9. The number of hydrogen-bond acceptors (Lipinski definition) is 8. The first-order valence-electron chi connectivity index (χ1n) is 12.1. The standard InChI is InChI=1S/C26H28N6O3S/c1-16-11-28-29-17(2)24(16)18(3)35-20-5-6-22-21(10-20)25(31-30-22)19-4-7-23(27-12-19)32-13-26(14-32)8-9-36(33,34)15-26/h4-7,10-12,18H,8-9,13-15H2,1-3H3,(H,30,31)/t18-/m1/s1. The van der Waals surface area contributed by atoms with Crippen LogP contribution in [0.2, 0.25) is 0 Å². The lowest BCUT2D eigenvalue weighted by molar-refractivity contribution is 0.225. The SMILES string of the molecule is Cc1cnnc(C)c1[C@@H](C)Oc1ccc2[nH]nc(-c3ccc(N4CC5(CCS(=O)(=O)C5)C4)nc3)c2c1. The summed E-state index contributed by atoms with van der Waals surface area (Å²) in [7, 11) is -2.88. The second-order valence-electron chi connectivity index (χ2n) is 10.2. The van der Waals surface area contributed by atoms with E-state index in [0.29, 0.717) is 11.5 Å². The maximum Gasteiger partial charge on any atom is 0.151 e. The van der Waals surface area contributed by atoms with Crippen molar-refractivity contribution in [2.75, 3.05) is 29.5 Å². The molecule has 186 valence electrons. The fourth-order valence-electron chi connectivity index (χ4n) is 5.65. The summed E-state index contributed by atoms with van der Waals surface area (Å²) in [5.74, 6) is 2.22. The van der Waals surface area contributed by atoms with E-state index in [9.17, 15) is 8.42 Å². The number of aromatic nitrogens is 5. The van der Waals surface area contributed by atoms with Crippen LogP contribution >= 0.6 is 0 Å². The van der Waals surface area contributed by atoms with Gasteiger partial charge < -0.3 is 9.64 Å². The molecule has 1 atom stereocenters. The summed E-state index contributed by atoms with van der Waals surface area (Å²) in [4.78, 5) is 6.81. The van der Waals surface area contributed by atoms with Crippen LogP contribution in [-0.4, -0.2) is 58.4 Å². The molecule has 2 aliphatic rings. The minimum Gasteiger partial charge on any atom is -0.486 e. The van der Waals surface area contributed by atoms with Crippen molar-refractivity contribution in [2.24, 2.45) is 5.41 Å². The number of anilines is 1. The summed E-state index contributed by atoms with van der Waals surface area (Å²) in [5.41, 5.74) is 5.49. The van der Waals surface area contributed by atoms with E-state index < -0.39 is 9.84 Å². The van der Waals surface area contributed by atoms with Gasteiger partial charge in [-0.3, -0.25) is 5.10 Å². The molecule has 0 unspecified atom stereocenters. The Kier molecular flexibility index (Phi) is 5.26. The summed E-state index contributed by atoms with van der Waals surface area (Å²) in [6.07, 6.45) is 4.16. The number of benzene rings is 1. The van der Waals surface area contributed by atoms with Gasteiger partial charge >= 0.3 is 0 Å². The first kappa shape index (κ1) is 22.9. The molecule has 0 radical (unpaired) electrons. The van der Waals surface area contributed by atoms with Crippen molar-refractivity contribution in [1.29, 1.82) is 0 Å². The van der Waals surface area contributed by atoms with E-state index in [1.165, 1.54) is 0 Å². The Morgan fingerprint density at radius 1 is 1.14 bits per heavy atom. The number of hydrogen-bond donors (Lipinski definition) is 1. The van der Waals surface area contributed by atoms with Gasteiger partial charge in [0.1, 0.15) is 23.4 Å². The van der Waals surface area contributed by atoms with Crippen LogP contribution in [0.3, 0.4) is 0 Å². The third kappa shape index (κ3) is 3.99. The van der Waals surface area contributed by atoms with Crippen LogP contribution in [0.25, 0.3) is 22.2 Å². The molecule has 2 aliphatic heterocycles. The minimum absolute atomic E-state index is 0.0888. The molecule has 1 spiro atoms. The van der Waals surface area contributed by atoms with Crippen molar-refractivity contribution < 1.29 is 13.2 Å². The van der Waals surface area contributed by atoms with Crippen LogP contribution in [0, 0.1) is 19.3 Å². The van der Waals surface area contributed by atoms with E-state index in [4.69, 9.17) is 4.74 Å². The second kappa shape index (κ2) is 8.26. The number of pyridine rings is 1. The van der Waals surface area contributed by atoms with E-state index in [-0.39, 0.29) is 11.5 Å². The number of ether oxygens (including phenoxy) is 1. The first-order valence-corrected chi connectivity index (χ1v) is 13.9. The van der Waals surface area contributed by atoms with Gasteiger partial charge in [0.05, 0.1) is 28.9 Å². The minimum atomic E-state index is -2.88. The fraction of sp³-hybridized carbons (Fsp3) is 0.385. The van der Waals surface area contributed by atoms with Crippen LogP contribution in [0.4, 0.5) is 5.82 Å². The molecular formula is C26H28N6O3S. The molecule has 2 saturated heterocycles. The molecule has 10 heteroatoms. The summed E-state index contributed by atoms with van der Waals surface area (Å²) >= 11 is 0. The molecule has 9 nitrogen and oxygen atoms in total. The lowest BCUT2D eigenvalue weighted by Gasteiger charge is -2.48. The van der Waals surface area contributed by atoms with Crippen molar-refractivity contribution in [3.63, 3.8) is 0 Å². The van der Waals surface area contributed by atoms with Crippen molar-refractivity contribution >= 4 is 26.6 Å². The van der Waals surface area contributed by atoms with Gasteiger partial charge in [-0.2, -0.15) is 15.3 Å². The number of rotatable bonds is 5. The van der Waals surface area contributed by atoms with E-state index in [1.54, 1.807) is 6.20 Å². The van der Waals surface area contributed by atoms with Crippen LogP contribution < -0.4 is 9.64 Å². The average Bonchev–Trinajstić information content (AvgIpc) is 3.38. The van der Waals surface area contributed by atoms with E-state index in [2.05, 4.69) is 30.3 Å². The van der Waals surface area contributed by atoms with Crippen molar-refractivity contribution in [3.8, 4) is 17.0 Å². The zero-order chi connectivity index (χ0) is 25.1. The maximum atomic E-state index is 11.9. The van der Waals surface area contributed by atoms with Crippen LogP contribution in [0.1, 0.15) is 36.3 Å². The topological polar surface area (TPSA) is 114 Å². The predicted octanol–water partition coefficient (Wildman–Crippen LogP) is 3.80. The number of aromatic amines is 1. The summed E-state index contributed by atoms with van der Waals surface area (Å²) < 4.78 is 30.1. The molecule has 36 heavy (non-hydrogen) atoms. The number of nitrogens with zero attached hydrogens (tertiary/aromatic N) is 5. The van der Waals surface area contributed by atoms with Crippen LogP contribution in [-0.2, 0) is 9.84 Å².